The number of rotatable bonds is 7. The zero-order chi connectivity index (χ0) is 23.5. The molecule has 0 atom stereocenters. The number of hydrogen-bond donors (Lipinski definition) is 2. The molecule has 1 aromatic heterocycles. The van der Waals surface area contributed by atoms with E-state index in [1.54, 1.807) is 32.4 Å². The molecule has 2 N–H and O–H groups in total. The van der Waals surface area contributed by atoms with E-state index < -0.39 is 11.6 Å². The standard InChI is InChI=1S/C24H18ClFN4O3/c1-32-15-5-3-13(22(8-15)33-2)11-28-21-9-20-18(12-29-30-20)17(10-27)23(21)24(31)16-7-14(26)4-6-19(16)25/h3-9,12,28H,11H2,1-2H3,(H,29,30). The third-order valence-electron chi connectivity index (χ3n) is 5.22. The summed E-state index contributed by atoms with van der Waals surface area (Å²) in [5, 5.41) is 20.5. The summed E-state index contributed by atoms with van der Waals surface area (Å²) >= 11 is 6.19. The van der Waals surface area contributed by atoms with E-state index in [9.17, 15) is 14.4 Å². The summed E-state index contributed by atoms with van der Waals surface area (Å²) in [5.74, 6) is 0.0374. The number of ketones is 1. The highest BCUT2D eigenvalue weighted by Gasteiger charge is 2.24. The van der Waals surface area contributed by atoms with Crippen LogP contribution in [0.25, 0.3) is 10.9 Å². The Morgan fingerprint density at radius 1 is 1.21 bits per heavy atom. The van der Waals surface area contributed by atoms with Crippen LogP contribution in [0, 0.1) is 17.1 Å². The maximum absolute atomic E-state index is 13.9. The van der Waals surface area contributed by atoms with Crippen molar-refractivity contribution in [2.24, 2.45) is 0 Å². The highest BCUT2D eigenvalue weighted by molar-refractivity contribution is 6.35. The first-order chi connectivity index (χ1) is 16.0. The summed E-state index contributed by atoms with van der Waals surface area (Å²) in [7, 11) is 3.11. The minimum atomic E-state index is -0.608. The Bertz CT molecular complexity index is 1410. The van der Waals surface area contributed by atoms with Gasteiger partial charge >= 0.3 is 0 Å². The molecular weight excluding hydrogens is 447 g/mol. The second-order valence-electron chi connectivity index (χ2n) is 7.10. The van der Waals surface area contributed by atoms with E-state index >= 15 is 0 Å². The number of halogens is 2. The first-order valence-electron chi connectivity index (χ1n) is 9.81. The number of carbonyl (C=O) groups is 1. The number of nitrogens with zero attached hydrogens (tertiary/aromatic N) is 2. The summed E-state index contributed by atoms with van der Waals surface area (Å²) in [6.45, 7) is 0.273. The van der Waals surface area contributed by atoms with E-state index in [0.29, 0.717) is 28.1 Å². The molecule has 4 rings (SSSR count). The summed E-state index contributed by atoms with van der Waals surface area (Å²) in [6.07, 6.45) is 1.47. The number of fused-ring (bicyclic) bond motifs is 1. The molecule has 0 bridgehead atoms. The molecule has 0 saturated carbocycles. The molecule has 0 fully saturated rings. The minimum Gasteiger partial charge on any atom is -0.497 e. The van der Waals surface area contributed by atoms with Crippen molar-refractivity contribution in [3.05, 3.63) is 81.8 Å². The number of nitrogens with one attached hydrogen (secondary N) is 2. The van der Waals surface area contributed by atoms with E-state index in [1.165, 1.54) is 18.3 Å². The number of H-pyrrole nitrogens is 1. The fourth-order valence-electron chi connectivity index (χ4n) is 3.58. The van der Waals surface area contributed by atoms with Crippen LogP contribution in [0.2, 0.25) is 5.02 Å². The van der Waals surface area contributed by atoms with E-state index in [4.69, 9.17) is 21.1 Å². The number of aromatic nitrogens is 2. The van der Waals surface area contributed by atoms with Gasteiger partial charge in [-0.05, 0) is 36.4 Å². The van der Waals surface area contributed by atoms with E-state index in [0.717, 1.165) is 11.6 Å². The number of aromatic amines is 1. The first-order valence-corrected chi connectivity index (χ1v) is 10.2. The minimum absolute atomic E-state index is 0.0407. The number of nitriles is 1. The van der Waals surface area contributed by atoms with Crippen LogP contribution in [-0.2, 0) is 6.54 Å². The summed E-state index contributed by atoms with van der Waals surface area (Å²) < 4.78 is 24.6. The van der Waals surface area contributed by atoms with Crippen LogP contribution in [0.5, 0.6) is 11.5 Å². The van der Waals surface area contributed by atoms with E-state index in [2.05, 4.69) is 21.6 Å². The number of benzene rings is 3. The fourth-order valence-corrected chi connectivity index (χ4v) is 3.78. The Balaban J connectivity index is 1.82. The maximum Gasteiger partial charge on any atom is 0.198 e. The Morgan fingerprint density at radius 3 is 2.76 bits per heavy atom. The third-order valence-corrected chi connectivity index (χ3v) is 5.55. The van der Waals surface area contributed by atoms with Crippen LogP contribution in [-0.4, -0.2) is 30.2 Å². The second kappa shape index (κ2) is 9.18. The van der Waals surface area contributed by atoms with Gasteiger partial charge in [-0.25, -0.2) is 4.39 Å². The second-order valence-corrected chi connectivity index (χ2v) is 7.51. The molecule has 3 aromatic carbocycles. The highest BCUT2D eigenvalue weighted by atomic mass is 35.5. The largest absolute Gasteiger partial charge is 0.497 e. The van der Waals surface area contributed by atoms with Crippen LogP contribution in [0.1, 0.15) is 27.0 Å². The molecule has 0 amide bonds. The average molecular weight is 465 g/mol. The molecule has 166 valence electrons. The van der Waals surface area contributed by atoms with Crippen molar-refractivity contribution >= 4 is 34.0 Å². The van der Waals surface area contributed by atoms with Gasteiger partial charge in [0.05, 0.1) is 42.1 Å². The molecule has 4 aromatic rings. The molecule has 0 radical (unpaired) electrons. The number of methoxy groups -OCH3 is 2. The zero-order valence-electron chi connectivity index (χ0n) is 17.7. The van der Waals surface area contributed by atoms with Crippen LogP contribution >= 0.6 is 11.6 Å². The number of hydrogen-bond acceptors (Lipinski definition) is 6. The van der Waals surface area contributed by atoms with Gasteiger partial charge < -0.3 is 14.8 Å². The van der Waals surface area contributed by atoms with Gasteiger partial charge in [0.2, 0.25) is 0 Å². The Morgan fingerprint density at radius 2 is 2.03 bits per heavy atom. The predicted octanol–water partition coefficient (Wildman–Crippen LogP) is 5.09. The van der Waals surface area contributed by atoms with Crippen molar-refractivity contribution < 1.29 is 18.7 Å². The van der Waals surface area contributed by atoms with Gasteiger partial charge in [-0.1, -0.05) is 11.6 Å². The lowest BCUT2D eigenvalue weighted by atomic mass is 9.94. The van der Waals surface area contributed by atoms with Crippen LogP contribution in [0.15, 0.2) is 48.7 Å². The molecular formula is C24H18ClFN4O3. The topological polar surface area (TPSA) is 100 Å². The van der Waals surface area contributed by atoms with Gasteiger partial charge in [0.15, 0.2) is 5.78 Å². The zero-order valence-corrected chi connectivity index (χ0v) is 18.5. The molecule has 0 aliphatic carbocycles. The van der Waals surface area contributed by atoms with Crippen molar-refractivity contribution in [3.63, 3.8) is 0 Å². The lowest BCUT2D eigenvalue weighted by Crippen LogP contribution is -2.12. The number of anilines is 1. The van der Waals surface area contributed by atoms with Gasteiger partial charge in [-0.3, -0.25) is 9.89 Å². The van der Waals surface area contributed by atoms with Gasteiger partial charge in [-0.2, -0.15) is 10.4 Å². The van der Waals surface area contributed by atoms with Crippen LogP contribution in [0.3, 0.4) is 0 Å². The molecule has 0 saturated heterocycles. The molecule has 0 aliphatic rings. The Hall–Kier alpha value is -4.09. The Kier molecular flexibility index (Phi) is 6.16. The predicted molar refractivity (Wildman–Crippen MR) is 123 cm³/mol. The normalized spacial score (nSPS) is 10.6. The van der Waals surface area contributed by atoms with Gasteiger partial charge in [0, 0.05) is 34.8 Å². The maximum atomic E-state index is 13.9. The first kappa shape index (κ1) is 22.1. The van der Waals surface area contributed by atoms with Crippen molar-refractivity contribution in [1.29, 1.82) is 5.26 Å². The van der Waals surface area contributed by atoms with Gasteiger partial charge in [0.25, 0.3) is 0 Å². The van der Waals surface area contributed by atoms with Crippen molar-refractivity contribution in [2.75, 3.05) is 19.5 Å². The quantitative estimate of drug-likeness (QED) is 0.370. The molecule has 7 nitrogen and oxygen atoms in total. The molecule has 0 unspecified atom stereocenters. The summed E-state index contributed by atoms with van der Waals surface area (Å²) in [4.78, 5) is 13.5. The third kappa shape index (κ3) is 4.19. The van der Waals surface area contributed by atoms with Gasteiger partial charge in [0.1, 0.15) is 23.4 Å². The molecule has 33 heavy (non-hydrogen) atoms. The lowest BCUT2D eigenvalue weighted by Gasteiger charge is -2.16. The molecule has 1 heterocycles. The average Bonchev–Trinajstić information content (AvgIpc) is 3.31. The SMILES string of the molecule is COc1ccc(CNc2cc3[nH]ncc3c(C#N)c2C(=O)c2cc(F)ccc2Cl)c(OC)c1. The van der Waals surface area contributed by atoms with Crippen LogP contribution in [0.4, 0.5) is 10.1 Å². The molecule has 0 aliphatic heterocycles. The van der Waals surface area contributed by atoms with Crippen molar-refractivity contribution in [3.8, 4) is 17.6 Å². The van der Waals surface area contributed by atoms with Gasteiger partial charge in [-0.15, -0.1) is 0 Å². The lowest BCUT2D eigenvalue weighted by molar-refractivity contribution is 0.103. The fraction of sp³-hybridized carbons (Fsp3) is 0.125. The smallest absolute Gasteiger partial charge is 0.198 e. The number of carbonyl (C=O) groups excluding carboxylic acids is 1. The Labute approximate surface area is 193 Å². The van der Waals surface area contributed by atoms with Crippen molar-refractivity contribution in [2.45, 2.75) is 6.54 Å². The van der Waals surface area contributed by atoms with E-state index in [1.807, 2.05) is 6.07 Å². The monoisotopic (exact) mass is 464 g/mol. The van der Waals surface area contributed by atoms with Crippen molar-refractivity contribution in [1.82, 2.24) is 10.2 Å². The highest BCUT2D eigenvalue weighted by Crippen LogP contribution is 2.33. The summed E-state index contributed by atoms with van der Waals surface area (Å²) in [6, 6.07) is 12.7. The molecule has 0 spiro atoms. The number of ether oxygens (including phenoxy) is 2. The van der Waals surface area contributed by atoms with Crippen LogP contribution < -0.4 is 14.8 Å². The summed E-state index contributed by atoms with van der Waals surface area (Å²) in [5.41, 5.74) is 1.87. The van der Waals surface area contributed by atoms with E-state index in [-0.39, 0.29) is 28.3 Å². The molecule has 9 heteroatoms.